The van der Waals surface area contributed by atoms with Crippen LogP contribution in [0.3, 0.4) is 0 Å². The minimum Gasteiger partial charge on any atom is -0.466 e. The van der Waals surface area contributed by atoms with E-state index in [9.17, 15) is 19.8 Å². The molecular weight excluding hydrogens is 863 g/mol. The minimum atomic E-state index is -0.847. The Morgan fingerprint density at radius 3 is 1.11 bits per heavy atom. The van der Waals surface area contributed by atoms with Gasteiger partial charge in [0.25, 0.3) is 0 Å². The molecule has 0 aliphatic carbocycles. The van der Waals surface area contributed by atoms with E-state index >= 15 is 0 Å². The third kappa shape index (κ3) is 55.4. The maximum Gasteiger partial charge on any atom is 0.305 e. The highest BCUT2D eigenvalue weighted by molar-refractivity contribution is 5.76. The monoisotopic (exact) mass is 984 g/mol. The lowest BCUT2D eigenvalue weighted by molar-refractivity contribution is -0.143. The van der Waals surface area contributed by atoms with Crippen LogP contribution in [0.15, 0.2) is 36.5 Å². The van der Waals surface area contributed by atoms with Gasteiger partial charge in [0.2, 0.25) is 5.91 Å². The maximum atomic E-state index is 12.5. The molecule has 0 bridgehead atoms. The molecule has 412 valence electrons. The second kappa shape index (κ2) is 59.6. The first-order valence-electron chi connectivity index (χ1n) is 31.3. The van der Waals surface area contributed by atoms with Crippen molar-refractivity contribution in [3.63, 3.8) is 0 Å². The van der Waals surface area contributed by atoms with E-state index < -0.39 is 12.1 Å². The van der Waals surface area contributed by atoms with Gasteiger partial charge in [-0.1, -0.05) is 294 Å². The number of aliphatic hydroxyl groups excluding tert-OH is 2. The number of hydrogen-bond acceptors (Lipinski definition) is 5. The number of carbonyl (C=O) groups excluding carboxylic acids is 2. The van der Waals surface area contributed by atoms with Gasteiger partial charge in [-0.05, 0) is 64.2 Å². The summed E-state index contributed by atoms with van der Waals surface area (Å²) >= 11 is 0. The highest BCUT2D eigenvalue weighted by Gasteiger charge is 2.18. The molecule has 0 heterocycles. The molecule has 70 heavy (non-hydrogen) atoms. The zero-order valence-corrected chi connectivity index (χ0v) is 47.0. The van der Waals surface area contributed by atoms with Gasteiger partial charge < -0.3 is 20.3 Å². The van der Waals surface area contributed by atoms with Crippen molar-refractivity contribution in [2.75, 3.05) is 13.2 Å². The standard InChI is InChI=1S/C64H121NO5/c1-3-5-7-9-11-13-15-17-19-20-25-29-32-36-40-44-48-52-56-62(67)61(60-66)65-63(68)57-53-49-45-41-37-33-30-26-23-21-22-24-27-31-35-39-43-47-51-55-59-70-64(69)58-54-50-46-42-38-34-28-18-16-14-12-10-8-6-4-2/h12,14,18,28,52,56,61-62,66-67H,3-11,13,15-17,19-27,29-51,53-55,57-60H2,1-2H3,(H,65,68)/b14-12-,28-18-,56-52+. The van der Waals surface area contributed by atoms with Gasteiger partial charge in [-0.15, -0.1) is 0 Å². The molecule has 1 amide bonds. The van der Waals surface area contributed by atoms with Crippen molar-refractivity contribution in [1.29, 1.82) is 0 Å². The Kier molecular flexibility index (Phi) is 58.0. The molecule has 0 aromatic carbocycles. The predicted octanol–water partition coefficient (Wildman–Crippen LogP) is 19.6. The quantitative estimate of drug-likeness (QED) is 0.0321. The van der Waals surface area contributed by atoms with Gasteiger partial charge in [-0.25, -0.2) is 0 Å². The molecule has 0 aliphatic heterocycles. The molecule has 0 aliphatic rings. The lowest BCUT2D eigenvalue weighted by atomic mass is 10.0. The number of rotatable bonds is 58. The Morgan fingerprint density at radius 1 is 0.400 bits per heavy atom. The van der Waals surface area contributed by atoms with Gasteiger partial charge in [0, 0.05) is 12.8 Å². The van der Waals surface area contributed by atoms with Crippen LogP contribution in [-0.2, 0) is 14.3 Å². The fourth-order valence-electron chi connectivity index (χ4n) is 9.61. The number of esters is 1. The lowest BCUT2D eigenvalue weighted by Crippen LogP contribution is -2.45. The molecule has 3 N–H and O–H groups in total. The van der Waals surface area contributed by atoms with E-state index in [4.69, 9.17) is 4.74 Å². The second-order valence-corrected chi connectivity index (χ2v) is 21.4. The fraction of sp³-hybridized carbons (Fsp3) is 0.875. The van der Waals surface area contributed by atoms with Crippen LogP contribution in [-0.4, -0.2) is 47.4 Å². The third-order valence-corrected chi connectivity index (χ3v) is 14.4. The van der Waals surface area contributed by atoms with Crippen molar-refractivity contribution in [2.45, 2.75) is 347 Å². The molecule has 2 unspecified atom stereocenters. The summed E-state index contributed by atoms with van der Waals surface area (Å²) in [6.07, 6.45) is 74.6. The van der Waals surface area contributed by atoms with Crippen molar-refractivity contribution in [3.8, 4) is 0 Å². The summed E-state index contributed by atoms with van der Waals surface area (Å²) in [6.45, 7) is 4.89. The molecule has 0 rings (SSSR count). The Bertz CT molecular complexity index is 1130. The first-order valence-corrected chi connectivity index (χ1v) is 31.3. The highest BCUT2D eigenvalue weighted by atomic mass is 16.5. The number of carbonyl (C=O) groups is 2. The van der Waals surface area contributed by atoms with Crippen molar-refractivity contribution >= 4 is 11.9 Å². The van der Waals surface area contributed by atoms with Crippen LogP contribution >= 0.6 is 0 Å². The zero-order chi connectivity index (χ0) is 50.7. The normalized spacial score (nSPS) is 12.8. The first kappa shape index (κ1) is 68.1. The molecule has 0 saturated carbocycles. The van der Waals surface area contributed by atoms with Gasteiger partial charge in [0.05, 0.1) is 25.4 Å². The molecule has 0 aromatic heterocycles. The zero-order valence-electron chi connectivity index (χ0n) is 47.0. The Balaban J connectivity index is 3.43. The average Bonchev–Trinajstić information content (AvgIpc) is 3.36. The first-order chi connectivity index (χ1) is 34.5. The van der Waals surface area contributed by atoms with Crippen LogP contribution in [0.2, 0.25) is 0 Å². The van der Waals surface area contributed by atoms with E-state index in [1.165, 1.54) is 257 Å². The minimum absolute atomic E-state index is 0.00393. The summed E-state index contributed by atoms with van der Waals surface area (Å²) in [7, 11) is 0. The van der Waals surface area contributed by atoms with E-state index in [-0.39, 0.29) is 18.5 Å². The molecule has 0 spiro atoms. The van der Waals surface area contributed by atoms with E-state index in [0.29, 0.717) is 19.4 Å². The third-order valence-electron chi connectivity index (χ3n) is 14.4. The van der Waals surface area contributed by atoms with Gasteiger partial charge in [0.15, 0.2) is 0 Å². The number of aliphatic hydroxyl groups is 2. The van der Waals surface area contributed by atoms with Crippen LogP contribution in [0, 0.1) is 0 Å². The van der Waals surface area contributed by atoms with E-state index in [2.05, 4.69) is 43.5 Å². The number of ether oxygens (including phenoxy) is 1. The summed E-state index contributed by atoms with van der Waals surface area (Å²) in [5.41, 5.74) is 0. The van der Waals surface area contributed by atoms with Crippen molar-refractivity contribution < 1.29 is 24.5 Å². The largest absolute Gasteiger partial charge is 0.466 e. The number of nitrogens with one attached hydrogen (secondary N) is 1. The number of unbranched alkanes of at least 4 members (excludes halogenated alkanes) is 43. The van der Waals surface area contributed by atoms with Crippen LogP contribution < -0.4 is 5.32 Å². The fourth-order valence-corrected chi connectivity index (χ4v) is 9.61. The van der Waals surface area contributed by atoms with Crippen LogP contribution in [0.25, 0.3) is 0 Å². The molecule has 6 heteroatoms. The van der Waals surface area contributed by atoms with Crippen LogP contribution in [0.1, 0.15) is 335 Å². The SMILES string of the molecule is CCCCC/C=C\C/C=C\CCCCCCCC(=O)OCCCCCCCCCCCCCCCCCCCCCCC(=O)NC(CO)C(O)/C=C/CCCCCCCCCCCCCCCCCC. The Morgan fingerprint density at radius 2 is 0.714 bits per heavy atom. The molecule has 0 aromatic rings. The number of allylic oxidation sites excluding steroid dienone is 5. The summed E-state index contributed by atoms with van der Waals surface area (Å²) < 4.78 is 5.48. The maximum absolute atomic E-state index is 12.5. The van der Waals surface area contributed by atoms with E-state index in [0.717, 1.165) is 51.4 Å². The van der Waals surface area contributed by atoms with Crippen LogP contribution in [0.5, 0.6) is 0 Å². The number of hydrogen-bond donors (Lipinski definition) is 3. The smallest absolute Gasteiger partial charge is 0.305 e. The summed E-state index contributed by atoms with van der Waals surface area (Å²) in [6, 6.07) is -0.630. The molecular formula is C64H121NO5. The van der Waals surface area contributed by atoms with E-state index in [1.807, 2.05) is 6.08 Å². The van der Waals surface area contributed by atoms with Crippen molar-refractivity contribution in [3.05, 3.63) is 36.5 Å². The van der Waals surface area contributed by atoms with Crippen molar-refractivity contribution in [2.24, 2.45) is 0 Å². The predicted molar refractivity (Wildman–Crippen MR) is 306 cm³/mol. The molecule has 0 fully saturated rings. The second-order valence-electron chi connectivity index (χ2n) is 21.4. The summed E-state index contributed by atoms with van der Waals surface area (Å²) in [5, 5.41) is 23.2. The van der Waals surface area contributed by atoms with Gasteiger partial charge in [-0.3, -0.25) is 9.59 Å². The molecule has 0 saturated heterocycles. The van der Waals surface area contributed by atoms with Gasteiger partial charge in [0.1, 0.15) is 0 Å². The van der Waals surface area contributed by atoms with Gasteiger partial charge >= 0.3 is 5.97 Å². The summed E-state index contributed by atoms with van der Waals surface area (Å²) in [4.78, 5) is 24.5. The Labute approximate surface area is 436 Å². The highest BCUT2D eigenvalue weighted by Crippen LogP contribution is 2.17. The lowest BCUT2D eigenvalue weighted by Gasteiger charge is -2.20. The molecule has 0 radical (unpaired) electrons. The average molecular weight is 985 g/mol. The summed E-state index contributed by atoms with van der Waals surface area (Å²) in [5.74, 6) is -0.0720. The molecule has 2 atom stereocenters. The van der Waals surface area contributed by atoms with E-state index in [1.54, 1.807) is 6.08 Å². The molecule has 6 nitrogen and oxygen atoms in total. The van der Waals surface area contributed by atoms with Crippen molar-refractivity contribution in [1.82, 2.24) is 5.32 Å². The van der Waals surface area contributed by atoms with Crippen LogP contribution in [0.4, 0.5) is 0 Å². The number of amides is 1. The Hall–Kier alpha value is -1.92. The topological polar surface area (TPSA) is 95.9 Å². The van der Waals surface area contributed by atoms with Gasteiger partial charge in [-0.2, -0.15) is 0 Å².